The van der Waals surface area contributed by atoms with Crippen LogP contribution in [0.3, 0.4) is 0 Å². The maximum atomic E-state index is 9.22. The van der Waals surface area contributed by atoms with Crippen molar-refractivity contribution < 1.29 is 5.11 Å². The van der Waals surface area contributed by atoms with Crippen molar-refractivity contribution in [2.75, 3.05) is 13.2 Å². The third kappa shape index (κ3) is 3.03. The minimum absolute atomic E-state index is 0.350. The molecule has 0 spiro atoms. The van der Waals surface area contributed by atoms with Crippen LogP contribution in [0, 0.1) is 18.8 Å². The lowest BCUT2D eigenvalue weighted by Gasteiger charge is -2.17. The Morgan fingerprint density at radius 1 is 1.50 bits per heavy atom. The average molecular weight is 240 g/mol. The van der Waals surface area contributed by atoms with E-state index in [-0.39, 0.29) is 0 Å². The summed E-state index contributed by atoms with van der Waals surface area (Å²) in [6.07, 6.45) is 3.72. The van der Waals surface area contributed by atoms with Gasteiger partial charge in [0, 0.05) is 24.2 Å². The molecule has 0 aromatic carbocycles. The maximum absolute atomic E-state index is 9.22. The summed E-state index contributed by atoms with van der Waals surface area (Å²) in [6, 6.07) is 0. The summed E-state index contributed by atoms with van der Waals surface area (Å²) in [5.41, 5.74) is 1.11. The number of thiazole rings is 1. The Morgan fingerprint density at radius 3 is 3.00 bits per heavy atom. The molecule has 4 heteroatoms. The van der Waals surface area contributed by atoms with Crippen LogP contribution in [0.1, 0.15) is 30.0 Å². The molecule has 1 aromatic rings. The van der Waals surface area contributed by atoms with Crippen molar-refractivity contribution in [3.8, 4) is 0 Å². The van der Waals surface area contributed by atoms with Gasteiger partial charge in [-0.25, -0.2) is 4.98 Å². The van der Waals surface area contributed by atoms with Gasteiger partial charge in [0.05, 0.1) is 0 Å². The van der Waals surface area contributed by atoms with Crippen LogP contribution < -0.4 is 5.32 Å². The normalized spacial score (nSPS) is 25.1. The molecule has 1 heterocycles. The van der Waals surface area contributed by atoms with E-state index in [0.29, 0.717) is 18.4 Å². The highest BCUT2D eigenvalue weighted by Gasteiger charge is 2.25. The maximum Gasteiger partial charge on any atom is 0.107 e. The second kappa shape index (κ2) is 5.75. The number of rotatable bonds is 5. The zero-order valence-corrected chi connectivity index (χ0v) is 10.6. The Bertz CT molecular complexity index is 327. The van der Waals surface area contributed by atoms with Gasteiger partial charge in [0.1, 0.15) is 5.01 Å². The molecule has 1 aliphatic carbocycles. The van der Waals surface area contributed by atoms with Gasteiger partial charge in [-0.2, -0.15) is 0 Å². The van der Waals surface area contributed by atoms with Crippen LogP contribution in [0.4, 0.5) is 0 Å². The highest BCUT2D eigenvalue weighted by Crippen LogP contribution is 2.30. The smallest absolute Gasteiger partial charge is 0.107 e. The van der Waals surface area contributed by atoms with Gasteiger partial charge in [-0.05, 0) is 38.1 Å². The van der Waals surface area contributed by atoms with Gasteiger partial charge < -0.3 is 10.4 Å². The van der Waals surface area contributed by atoms with E-state index in [9.17, 15) is 5.11 Å². The van der Waals surface area contributed by atoms with E-state index in [2.05, 4.69) is 15.7 Å². The van der Waals surface area contributed by atoms with Gasteiger partial charge >= 0.3 is 0 Å². The van der Waals surface area contributed by atoms with Gasteiger partial charge in [-0.15, -0.1) is 11.3 Å². The molecule has 2 N–H and O–H groups in total. The summed E-state index contributed by atoms with van der Waals surface area (Å²) in [6.45, 7) is 4.26. The number of nitrogens with zero attached hydrogens (tertiary/aromatic N) is 1. The Hall–Kier alpha value is -0.450. The summed E-state index contributed by atoms with van der Waals surface area (Å²) in [5.74, 6) is 1.18. The van der Waals surface area contributed by atoms with Crippen LogP contribution in [-0.2, 0) is 6.54 Å². The first kappa shape index (κ1) is 12.0. The molecule has 1 fully saturated rings. The van der Waals surface area contributed by atoms with Crippen LogP contribution in [0.5, 0.6) is 0 Å². The first-order valence-electron chi connectivity index (χ1n) is 6.02. The Balaban J connectivity index is 1.71. The van der Waals surface area contributed by atoms with Crippen molar-refractivity contribution >= 4 is 11.3 Å². The van der Waals surface area contributed by atoms with Crippen molar-refractivity contribution in [1.82, 2.24) is 10.3 Å². The van der Waals surface area contributed by atoms with E-state index in [1.54, 1.807) is 11.3 Å². The molecule has 0 aliphatic heterocycles. The highest BCUT2D eigenvalue weighted by molar-refractivity contribution is 7.09. The molecule has 3 nitrogen and oxygen atoms in total. The second-order valence-electron chi connectivity index (χ2n) is 4.65. The Kier molecular flexibility index (Phi) is 4.32. The number of nitrogens with one attached hydrogen (secondary N) is 1. The SMILES string of the molecule is Cc1csc(CNCC2CCCC2CO)n1. The van der Waals surface area contributed by atoms with Gasteiger partial charge in [-0.3, -0.25) is 0 Å². The quantitative estimate of drug-likeness (QED) is 0.827. The topological polar surface area (TPSA) is 45.1 Å². The average Bonchev–Trinajstić information content (AvgIpc) is 2.87. The minimum atomic E-state index is 0.350. The molecule has 0 radical (unpaired) electrons. The lowest BCUT2D eigenvalue weighted by Crippen LogP contribution is -2.26. The largest absolute Gasteiger partial charge is 0.396 e. The fraction of sp³-hybridized carbons (Fsp3) is 0.750. The molecule has 0 saturated heterocycles. The van der Waals surface area contributed by atoms with Crippen LogP contribution in [0.15, 0.2) is 5.38 Å². The van der Waals surface area contributed by atoms with Crippen LogP contribution in [0.25, 0.3) is 0 Å². The molecule has 90 valence electrons. The van der Waals surface area contributed by atoms with E-state index >= 15 is 0 Å². The van der Waals surface area contributed by atoms with E-state index in [1.807, 2.05) is 6.92 Å². The van der Waals surface area contributed by atoms with E-state index < -0.39 is 0 Å². The molecule has 2 atom stereocenters. The molecule has 1 saturated carbocycles. The highest BCUT2D eigenvalue weighted by atomic mass is 32.1. The third-order valence-electron chi connectivity index (χ3n) is 3.40. The first-order valence-corrected chi connectivity index (χ1v) is 6.90. The van der Waals surface area contributed by atoms with Crippen molar-refractivity contribution in [2.24, 2.45) is 11.8 Å². The lowest BCUT2D eigenvalue weighted by molar-refractivity contribution is 0.192. The summed E-state index contributed by atoms with van der Waals surface area (Å²) in [5, 5.41) is 15.9. The van der Waals surface area contributed by atoms with E-state index in [4.69, 9.17) is 0 Å². The third-order valence-corrected chi connectivity index (χ3v) is 4.37. The van der Waals surface area contributed by atoms with Gasteiger partial charge in [0.25, 0.3) is 0 Å². The van der Waals surface area contributed by atoms with Crippen molar-refractivity contribution in [3.05, 3.63) is 16.1 Å². The van der Waals surface area contributed by atoms with Gasteiger partial charge in [0.15, 0.2) is 0 Å². The molecular weight excluding hydrogens is 220 g/mol. The summed E-state index contributed by atoms with van der Waals surface area (Å²) < 4.78 is 0. The standard InChI is InChI=1S/C12H20N2OS/c1-9-8-16-12(14-9)6-13-5-10-3-2-4-11(10)7-15/h8,10-11,13,15H,2-7H2,1H3. The number of aliphatic hydroxyl groups is 1. The van der Waals surface area contributed by atoms with Crippen LogP contribution in [-0.4, -0.2) is 23.2 Å². The predicted molar refractivity (Wildman–Crippen MR) is 66.5 cm³/mol. The van der Waals surface area contributed by atoms with Crippen molar-refractivity contribution in [1.29, 1.82) is 0 Å². The molecule has 16 heavy (non-hydrogen) atoms. The summed E-state index contributed by atoms with van der Waals surface area (Å²) in [7, 11) is 0. The summed E-state index contributed by atoms with van der Waals surface area (Å²) in [4.78, 5) is 4.42. The Morgan fingerprint density at radius 2 is 2.31 bits per heavy atom. The monoisotopic (exact) mass is 240 g/mol. The zero-order chi connectivity index (χ0) is 11.4. The minimum Gasteiger partial charge on any atom is -0.396 e. The summed E-state index contributed by atoms with van der Waals surface area (Å²) >= 11 is 1.72. The number of hydrogen-bond donors (Lipinski definition) is 2. The van der Waals surface area contributed by atoms with Crippen LogP contribution in [0.2, 0.25) is 0 Å². The molecule has 2 unspecified atom stereocenters. The van der Waals surface area contributed by atoms with Gasteiger partial charge in [0.2, 0.25) is 0 Å². The molecule has 0 bridgehead atoms. The van der Waals surface area contributed by atoms with Crippen molar-refractivity contribution in [2.45, 2.75) is 32.7 Å². The fourth-order valence-electron chi connectivity index (χ4n) is 2.47. The lowest BCUT2D eigenvalue weighted by atomic mass is 9.97. The zero-order valence-electron chi connectivity index (χ0n) is 9.78. The number of aromatic nitrogens is 1. The molecular formula is C12H20N2OS. The fourth-order valence-corrected chi connectivity index (χ4v) is 3.21. The molecule has 1 aliphatic rings. The predicted octanol–water partition coefficient (Wildman–Crippen LogP) is 1.95. The number of aliphatic hydroxyl groups excluding tert-OH is 1. The first-order chi connectivity index (χ1) is 7.79. The number of hydrogen-bond acceptors (Lipinski definition) is 4. The molecule has 0 amide bonds. The van der Waals surface area contributed by atoms with E-state index in [1.165, 1.54) is 19.3 Å². The Labute approximate surface area is 101 Å². The molecule has 2 rings (SSSR count). The van der Waals surface area contributed by atoms with Gasteiger partial charge in [-0.1, -0.05) is 6.42 Å². The van der Waals surface area contributed by atoms with Crippen LogP contribution >= 0.6 is 11.3 Å². The molecule has 1 aromatic heterocycles. The second-order valence-corrected chi connectivity index (χ2v) is 5.59. The van der Waals surface area contributed by atoms with Crippen molar-refractivity contribution in [3.63, 3.8) is 0 Å². The van der Waals surface area contributed by atoms with E-state index in [0.717, 1.165) is 23.8 Å². The number of aryl methyl sites for hydroxylation is 1.